The molecule has 0 amide bonds. The van der Waals surface area contributed by atoms with Gasteiger partial charge in [0.15, 0.2) is 0 Å². The second kappa shape index (κ2) is 1.83. The maximum absolute atomic E-state index is 10.8. The van der Waals surface area contributed by atoms with E-state index in [4.69, 9.17) is 0 Å². The standard InChI is InChI=1S/C13H16O/c14-4-5-3-8-9(5)13-11-7-2-1-6(7)10(11)12(8)13/h4-13H,1-3H2/t5-,6?,7?,8?,9?,10?,11?,12?,13?/m1/s1. The van der Waals surface area contributed by atoms with E-state index in [1.165, 1.54) is 19.1 Å². The summed E-state index contributed by atoms with van der Waals surface area (Å²) in [6.45, 7) is 0. The summed E-state index contributed by atoms with van der Waals surface area (Å²) < 4.78 is 0. The molecule has 8 unspecified atom stereocenters. The summed E-state index contributed by atoms with van der Waals surface area (Å²) in [5.74, 6) is 9.10. The van der Waals surface area contributed by atoms with E-state index in [0.29, 0.717) is 5.92 Å². The van der Waals surface area contributed by atoms with Crippen LogP contribution < -0.4 is 0 Å². The first kappa shape index (κ1) is 7.03. The van der Waals surface area contributed by atoms with Crippen molar-refractivity contribution in [2.75, 3.05) is 0 Å². The first-order chi connectivity index (χ1) is 6.92. The first-order valence-electron chi connectivity index (χ1n) is 6.37. The highest BCUT2D eigenvalue weighted by atomic mass is 16.1. The predicted octanol–water partition coefficient (Wildman–Crippen LogP) is 1.97. The molecule has 5 fully saturated rings. The van der Waals surface area contributed by atoms with Crippen LogP contribution in [-0.2, 0) is 4.79 Å². The Balaban J connectivity index is 1.45. The Bertz CT molecular complexity index is 330. The molecule has 0 radical (unpaired) electrons. The summed E-state index contributed by atoms with van der Waals surface area (Å²) in [5.41, 5.74) is 0. The predicted molar refractivity (Wildman–Crippen MR) is 51.3 cm³/mol. The van der Waals surface area contributed by atoms with Crippen LogP contribution in [0, 0.1) is 53.3 Å². The SMILES string of the molecule is O=C[C@H]1CC2C3C4C5CCC5C4C3C21. The molecule has 0 aromatic carbocycles. The van der Waals surface area contributed by atoms with Crippen LogP contribution in [0.4, 0.5) is 0 Å². The molecular weight excluding hydrogens is 172 g/mol. The van der Waals surface area contributed by atoms with Crippen molar-refractivity contribution in [3.8, 4) is 0 Å². The molecule has 9 atom stereocenters. The van der Waals surface area contributed by atoms with E-state index in [-0.39, 0.29) is 0 Å². The lowest BCUT2D eigenvalue weighted by molar-refractivity contribution is -0.369. The van der Waals surface area contributed by atoms with Gasteiger partial charge in [-0.15, -0.1) is 0 Å². The van der Waals surface area contributed by atoms with Gasteiger partial charge in [-0.3, -0.25) is 0 Å². The zero-order valence-electron chi connectivity index (χ0n) is 8.30. The molecule has 0 N–H and O–H groups in total. The fourth-order valence-corrected chi connectivity index (χ4v) is 6.20. The van der Waals surface area contributed by atoms with E-state index in [1.54, 1.807) is 6.42 Å². The molecule has 5 rings (SSSR count). The minimum Gasteiger partial charge on any atom is -0.303 e. The normalized spacial score (nSPS) is 75.3. The molecule has 0 heterocycles. The lowest BCUT2D eigenvalue weighted by Gasteiger charge is -2.84. The fraction of sp³-hybridized carbons (Fsp3) is 0.923. The largest absolute Gasteiger partial charge is 0.303 e. The van der Waals surface area contributed by atoms with Crippen LogP contribution in [0.5, 0.6) is 0 Å². The maximum atomic E-state index is 10.8. The molecule has 0 spiro atoms. The molecule has 0 bridgehead atoms. The molecule has 74 valence electrons. The zero-order valence-corrected chi connectivity index (χ0v) is 8.30. The van der Waals surface area contributed by atoms with Crippen LogP contribution in [0.15, 0.2) is 0 Å². The molecular formula is C13H16O. The van der Waals surface area contributed by atoms with Gasteiger partial charge in [-0.1, -0.05) is 0 Å². The second-order valence-corrected chi connectivity index (χ2v) is 6.49. The van der Waals surface area contributed by atoms with E-state index < -0.39 is 0 Å². The third kappa shape index (κ3) is 0.445. The molecule has 14 heavy (non-hydrogen) atoms. The van der Waals surface area contributed by atoms with E-state index in [1.807, 2.05) is 0 Å². The molecule has 5 aliphatic rings. The third-order valence-electron chi connectivity index (χ3n) is 6.80. The third-order valence-corrected chi connectivity index (χ3v) is 6.80. The summed E-state index contributed by atoms with van der Waals surface area (Å²) in [6.07, 6.45) is 5.58. The minimum absolute atomic E-state index is 0.487. The van der Waals surface area contributed by atoms with Crippen molar-refractivity contribution in [2.45, 2.75) is 19.3 Å². The van der Waals surface area contributed by atoms with Crippen LogP contribution in [0.3, 0.4) is 0 Å². The van der Waals surface area contributed by atoms with Crippen molar-refractivity contribution >= 4 is 6.29 Å². The lowest BCUT2D eigenvalue weighted by atomic mass is 9.20. The van der Waals surface area contributed by atoms with Crippen LogP contribution in [0.25, 0.3) is 0 Å². The smallest absolute Gasteiger partial charge is 0.123 e. The first-order valence-corrected chi connectivity index (χ1v) is 6.37. The van der Waals surface area contributed by atoms with Gasteiger partial charge in [0.05, 0.1) is 0 Å². The summed E-state index contributed by atoms with van der Waals surface area (Å²) in [5, 5.41) is 0. The topological polar surface area (TPSA) is 17.1 Å². The zero-order chi connectivity index (χ0) is 9.02. The van der Waals surface area contributed by atoms with Crippen LogP contribution in [-0.4, -0.2) is 6.29 Å². The van der Waals surface area contributed by atoms with Crippen molar-refractivity contribution in [3.05, 3.63) is 0 Å². The Labute approximate surface area is 84.3 Å². The van der Waals surface area contributed by atoms with E-state index in [2.05, 4.69) is 0 Å². The molecule has 5 aliphatic carbocycles. The maximum Gasteiger partial charge on any atom is 0.123 e. The number of hydrogen-bond donors (Lipinski definition) is 0. The monoisotopic (exact) mass is 188 g/mol. The number of hydrogen-bond acceptors (Lipinski definition) is 1. The van der Waals surface area contributed by atoms with Crippen molar-refractivity contribution < 1.29 is 4.79 Å². The van der Waals surface area contributed by atoms with Crippen LogP contribution in [0.2, 0.25) is 0 Å². The second-order valence-electron chi connectivity index (χ2n) is 6.49. The van der Waals surface area contributed by atoms with Crippen LogP contribution in [0.1, 0.15) is 19.3 Å². The quantitative estimate of drug-likeness (QED) is 0.454. The Morgan fingerprint density at radius 1 is 0.786 bits per heavy atom. The number of aldehydes is 1. The van der Waals surface area contributed by atoms with Gasteiger partial charge in [-0.25, -0.2) is 0 Å². The summed E-state index contributed by atoms with van der Waals surface area (Å²) in [7, 11) is 0. The average molecular weight is 188 g/mol. The molecule has 0 aromatic heterocycles. The molecule has 0 aromatic rings. The van der Waals surface area contributed by atoms with Gasteiger partial charge in [0, 0.05) is 5.92 Å². The number of carbonyl (C=O) groups is 1. The Morgan fingerprint density at radius 3 is 2.07 bits per heavy atom. The van der Waals surface area contributed by atoms with Gasteiger partial charge < -0.3 is 4.79 Å². The molecule has 5 saturated carbocycles. The number of carbonyl (C=O) groups excluding carboxylic acids is 1. The Kier molecular flexibility index (Phi) is 0.921. The fourth-order valence-electron chi connectivity index (χ4n) is 6.20. The van der Waals surface area contributed by atoms with Crippen molar-refractivity contribution in [3.63, 3.8) is 0 Å². The van der Waals surface area contributed by atoms with Gasteiger partial charge in [0.1, 0.15) is 6.29 Å². The van der Waals surface area contributed by atoms with Crippen molar-refractivity contribution in [1.29, 1.82) is 0 Å². The summed E-state index contributed by atoms with van der Waals surface area (Å²) in [4.78, 5) is 10.8. The van der Waals surface area contributed by atoms with Gasteiger partial charge in [0.25, 0.3) is 0 Å². The van der Waals surface area contributed by atoms with Gasteiger partial charge in [0.2, 0.25) is 0 Å². The molecule has 0 saturated heterocycles. The van der Waals surface area contributed by atoms with Gasteiger partial charge in [-0.05, 0) is 66.6 Å². The highest BCUT2D eigenvalue weighted by Crippen LogP contribution is 2.83. The summed E-state index contributed by atoms with van der Waals surface area (Å²) >= 11 is 0. The van der Waals surface area contributed by atoms with E-state index in [0.717, 1.165) is 47.3 Å². The average Bonchev–Trinajstić information content (AvgIpc) is 2.13. The van der Waals surface area contributed by atoms with E-state index >= 15 is 0 Å². The number of fused-ring (bicyclic) bond motifs is 10. The van der Waals surface area contributed by atoms with Gasteiger partial charge in [-0.2, -0.15) is 0 Å². The van der Waals surface area contributed by atoms with E-state index in [9.17, 15) is 4.79 Å². The Morgan fingerprint density at radius 2 is 1.43 bits per heavy atom. The molecule has 0 aliphatic heterocycles. The van der Waals surface area contributed by atoms with Gasteiger partial charge >= 0.3 is 0 Å². The lowest BCUT2D eigenvalue weighted by Crippen LogP contribution is -2.80. The summed E-state index contributed by atoms with van der Waals surface area (Å²) in [6, 6.07) is 0. The van der Waals surface area contributed by atoms with Crippen molar-refractivity contribution in [1.82, 2.24) is 0 Å². The minimum atomic E-state index is 0.487. The highest BCUT2D eigenvalue weighted by Gasteiger charge is 2.79. The molecule has 1 heteroatoms. The van der Waals surface area contributed by atoms with Crippen molar-refractivity contribution in [2.24, 2.45) is 53.3 Å². The highest BCUT2D eigenvalue weighted by molar-refractivity contribution is 5.58. The molecule has 1 nitrogen and oxygen atoms in total. The Hall–Kier alpha value is -0.330. The number of rotatable bonds is 1. The van der Waals surface area contributed by atoms with Crippen LogP contribution >= 0.6 is 0 Å².